The standard InChI is InChI=1S/C17H17BrO4/c1-20-15-7-6-11(9-14(15)19)4-5-12-8-13(18)17(22-3)16(10-12)21-2/h4-10,19H,1-3H3/b5-4+. The van der Waals surface area contributed by atoms with Crippen LogP contribution < -0.4 is 14.2 Å². The van der Waals surface area contributed by atoms with Gasteiger partial charge in [-0.3, -0.25) is 0 Å². The molecule has 0 aromatic heterocycles. The number of methoxy groups -OCH3 is 3. The van der Waals surface area contributed by atoms with Gasteiger partial charge >= 0.3 is 0 Å². The summed E-state index contributed by atoms with van der Waals surface area (Å²) in [7, 11) is 4.71. The molecule has 2 rings (SSSR count). The van der Waals surface area contributed by atoms with Crippen molar-refractivity contribution in [2.45, 2.75) is 0 Å². The molecule has 0 saturated heterocycles. The molecule has 0 radical (unpaired) electrons. The van der Waals surface area contributed by atoms with Crippen molar-refractivity contribution in [1.29, 1.82) is 0 Å². The van der Waals surface area contributed by atoms with E-state index in [4.69, 9.17) is 14.2 Å². The maximum Gasteiger partial charge on any atom is 0.174 e. The van der Waals surface area contributed by atoms with E-state index in [0.29, 0.717) is 17.2 Å². The highest BCUT2D eigenvalue weighted by atomic mass is 79.9. The van der Waals surface area contributed by atoms with Gasteiger partial charge in [0.25, 0.3) is 0 Å². The molecule has 0 saturated carbocycles. The molecule has 0 aliphatic rings. The molecule has 0 fully saturated rings. The number of rotatable bonds is 5. The van der Waals surface area contributed by atoms with Crippen LogP contribution in [-0.2, 0) is 0 Å². The topological polar surface area (TPSA) is 47.9 Å². The largest absolute Gasteiger partial charge is 0.504 e. The maximum atomic E-state index is 9.78. The Morgan fingerprint density at radius 1 is 0.864 bits per heavy atom. The second-order valence-electron chi connectivity index (χ2n) is 4.50. The first-order chi connectivity index (χ1) is 10.6. The summed E-state index contributed by atoms with van der Waals surface area (Å²) < 4.78 is 16.4. The highest BCUT2D eigenvalue weighted by molar-refractivity contribution is 9.10. The van der Waals surface area contributed by atoms with Crippen molar-refractivity contribution in [1.82, 2.24) is 0 Å². The number of hydrogen-bond donors (Lipinski definition) is 1. The summed E-state index contributed by atoms with van der Waals surface area (Å²) in [5.41, 5.74) is 1.81. The van der Waals surface area contributed by atoms with Gasteiger partial charge in [-0.2, -0.15) is 0 Å². The first-order valence-corrected chi connectivity index (χ1v) is 7.35. The normalized spacial score (nSPS) is 10.7. The van der Waals surface area contributed by atoms with Crippen LogP contribution in [0.2, 0.25) is 0 Å². The third-order valence-corrected chi connectivity index (χ3v) is 3.72. The zero-order valence-corrected chi connectivity index (χ0v) is 14.2. The SMILES string of the molecule is COc1ccc(/C=C/c2cc(Br)c(OC)c(OC)c2)cc1O. The number of hydrogen-bond acceptors (Lipinski definition) is 4. The Morgan fingerprint density at radius 3 is 2.14 bits per heavy atom. The number of ether oxygens (including phenoxy) is 3. The highest BCUT2D eigenvalue weighted by Crippen LogP contribution is 2.36. The summed E-state index contributed by atoms with van der Waals surface area (Å²) >= 11 is 3.46. The van der Waals surface area contributed by atoms with Gasteiger partial charge in [0.15, 0.2) is 23.0 Å². The minimum Gasteiger partial charge on any atom is -0.504 e. The first-order valence-electron chi connectivity index (χ1n) is 6.55. The molecule has 5 heteroatoms. The molecule has 2 aromatic rings. The van der Waals surface area contributed by atoms with Crippen molar-refractivity contribution >= 4 is 28.1 Å². The Balaban J connectivity index is 2.30. The molecular formula is C17H17BrO4. The summed E-state index contributed by atoms with van der Waals surface area (Å²) in [5, 5.41) is 9.78. The lowest BCUT2D eigenvalue weighted by atomic mass is 10.1. The van der Waals surface area contributed by atoms with Gasteiger partial charge in [-0.1, -0.05) is 18.2 Å². The van der Waals surface area contributed by atoms with Crippen LogP contribution in [0.1, 0.15) is 11.1 Å². The molecule has 0 aliphatic carbocycles. The summed E-state index contributed by atoms with van der Waals surface area (Å²) in [4.78, 5) is 0. The fourth-order valence-electron chi connectivity index (χ4n) is 2.04. The Morgan fingerprint density at radius 2 is 1.55 bits per heavy atom. The van der Waals surface area contributed by atoms with Gasteiger partial charge in [0.05, 0.1) is 25.8 Å². The van der Waals surface area contributed by atoms with Crippen molar-refractivity contribution < 1.29 is 19.3 Å². The molecule has 1 N–H and O–H groups in total. The van der Waals surface area contributed by atoms with Crippen molar-refractivity contribution in [3.63, 3.8) is 0 Å². The third-order valence-electron chi connectivity index (χ3n) is 3.13. The highest BCUT2D eigenvalue weighted by Gasteiger charge is 2.09. The van der Waals surface area contributed by atoms with Crippen LogP contribution in [0.3, 0.4) is 0 Å². The lowest BCUT2D eigenvalue weighted by Gasteiger charge is -2.10. The quantitative estimate of drug-likeness (QED) is 0.801. The van der Waals surface area contributed by atoms with E-state index in [0.717, 1.165) is 15.6 Å². The van der Waals surface area contributed by atoms with E-state index in [1.807, 2.05) is 30.4 Å². The Labute approximate surface area is 138 Å². The van der Waals surface area contributed by atoms with Gasteiger partial charge < -0.3 is 19.3 Å². The predicted octanol–water partition coefficient (Wildman–Crippen LogP) is 4.35. The smallest absolute Gasteiger partial charge is 0.174 e. The van der Waals surface area contributed by atoms with Crippen molar-refractivity contribution in [2.75, 3.05) is 21.3 Å². The number of aromatic hydroxyl groups is 1. The second-order valence-corrected chi connectivity index (χ2v) is 5.36. The minimum absolute atomic E-state index is 0.109. The van der Waals surface area contributed by atoms with E-state index < -0.39 is 0 Å². The first kappa shape index (κ1) is 16.2. The molecule has 0 amide bonds. The van der Waals surface area contributed by atoms with E-state index in [2.05, 4.69) is 15.9 Å². The lowest BCUT2D eigenvalue weighted by Crippen LogP contribution is -1.92. The van der Waals surface area contributed by atoms with E-state index >= 15 is 0 Å². The molecule has 4 nitrogen and oxygen atoms in total. The second kappa shape index (κ2) is 7.22. The third kappa shape index (κ3) is 3.54. The molecule has 0 spiro atoms. The van der Waals surface area contributed by atoms with Crippen molar-refractivity contribution in [3.05, 3.63) is 45.9 Å². The number of benzene rings is 2. The zero-order valence-electron chi connectivity index (χ0n) is 12.6. The molecule has 0 heterocycles. The van der Waals surface area contributed by atoms with Gasteiger partial charge in [0.1, 0.15) is 0 Å². The van der Waals surface area contributed by atoms with Crippen LogP contribution in [0.5, 0.6) is 23.0 Å². The van der Waals surface area contributed by atoms with Gasteiger partial charge in [0.2, 0.25) is 0 Å². The van der Waals surface area contributed by atoms with Crippen LogP contribution in [0.4, 0.5) is 0 Å². The Kier molecular flexibility index (Phi) is 5.33. The fourth-order valence-corrected chi connectivity index (χ4v) is 2.66. The summed E-state index contributed by atoms with van der Waals surface area (Å²) in [6.07, 6.45) is 3.82. The Bertz CT molecular complexity index is 695. The minimum atomic E-state index is 0.109. The maximum absolute atomic E-state index is 9.78. The van der Waals surface area contributed by atoms with Crippen LogP contribution >= 0.6 is 15.9 Å². The molecule has 0 unspecified atom stereocenters. The average Bonchev–Trinajstić information content (AvgIpc) is 2.52. The monoisotopic (exact) mass is 364 g/mol. The van der Waals surface area contributed by atoms with E-state index in [9.17, 15) is 5.11 Å². The predicted molar refractivity (Wildman–Crippen MR) is 90.8 cm³/mol. The number of halogens is 1. The molecule has 0 aliphatic heterocycles. The van der Waals surface area contributed by atoms with Gasteiger partial charge in [-0.15, -0.1) is 0 Å². The molecule has 22 heavy (non-hydrogen) atoms. The number of phenolic OH excluding ortho intramolecular Hbond substituents is 1. The zero-order chi connectivity index (χ0) is 16.1. The van der Waals surface area contributed by atoms with E-state index in [1.54, 1.807) is 26.4 Å². The van der Waals surface area contributed by atoms with E-state index in [1.165, 1.54) is 7.11 Å². The molecule has 0 atom stereocenters. The van der Waals surface area contributed by atoms with Crippen LogP contribution in [0.15, 0.2) is 34.8 Å². The van der Waals surface area contributed by atoms with Gasteiger partial charge in [0, 0.05) is 0 Å². The molecule has 116 valence electrons. The number of phenols is 1. The van der Waals surface area contributed by atoms with Gasteiger partial charge in [-0.25, -0.2) is 0 Å². The van der Waals surface area contributed by atoms with Crippen molar-refractivity contribution in [2.24, 2.45) is 0 Å². The van der Waals surface area contributed by atoms with Crippen molar-refractivity contribution in [3.8, 4) is 23.0 Å². The Hall–Kier alpha value is -2.14. The fraction of sp³-hybridized carbons (Fsp3) is 0.176. The molecule has 0 bridgehead atoms. The van der Waals surface area contributed by atoms with Gasteiger partial charge in [-0.05, 0) is 51.3 Å². The van der Waals surface area contributed by atoms with Crippen LogP contribution in [0.25, 0.3) is 12.2 Å². The molecular weight excluding hydrogens is 348 g/mol. The average molecular weight is 365 g/mol. The van der Waals surface area contributed by atoms with Crippen LogP contribution in [-0.4, -0.2) is 26.4 Å². The summed E-state index contributed by atoms with van der Waals surface area (Å²) in [5.74, 6) is 1.86. The lowest BCUT2D eigenvalue weighted by molar-refractivity contribution is 0.353. The van der Waals surface area contributed by atoms with Crippen LogP contribution in [0, 0.1) is 0 Å². The summed E-state index contributed by atoms with van der Waals surface area (Å²) in [6.45, 7) is 0. The summed E-state index contributed by atoms with van der Waals surface area (Å²) in [6, 6.07) is 9.04. The van der Waals surface area contributed by atoms with E-state index in [-0.39, 0.29) is 5.75 Å². The molecule has 2 aromatic carbocycles.